The molecular weight excluding hydrogens is 342 g/mol. The zero-order chi connectivity index (χ0) is 18.4. The van der Waals surface area contributed by atoms with Crippen LogP contribution in [0.25, 0.3) is 0 Å². The average molecular weight is 359 g/mol. The second-order valence-electron chi connectivity index (χ2n) is 6.28. The number of carbonyl (C=O) groups is 2. The molecule has 2 saturated heterocycles. The lowest BCUT2D eigenvalue weighted by molar-refractivity contribution is -0.141. The van der Waals surface area contributed by atoms with E-state index in [1.807, 2.05) is 0 Å². The fraction of sp³-hybridized carbons (Fsp3) is 0.500. The van der Waals surface area contributed by atoms with Crippen molar-refractivity contribution in [2.24, 2.45) is 0 Å². The second kappa shape index (κ2) is 6.20. The smallest absolute Gasteiger partial charge is 0.336 e. The highest BCUT2D eigenvalue weighted by Gasteiger charge is 2.42. The first-order valence-corrected chi connectivity index (χ1v) is 7.93. The minimum atomic E-state index is -4.86. The quantitative estimate of drug-likeness (QED) is 0.784. The van der Waals surface area contributed by atoms with Gasteiger partial charge in [-0.05, 0) is 38.0 Å². The predicted octanol–water partition coefficient (Wildman–Crippen LogP) is 3.07. The van der Waals surface area contributed by atoms with Gasteiger partial charge in [0.2, 0.25) is 5.91 Å². The Morgan fingerprint density at radius 1 is 1.32 bits per heavy atom. The van der Waals surface area contributed by atoms with E-state index >= 15 is 0 Å². The Kier molecular flexibility index (Phi) is 4.34. The number of hydrogen-bond acceptors (Lipinski definition) is 2. The number of anilines is 1. The lowest BCUT2D eigenvalue weighted by Crippen LogP contribution is -2.60. The summed E-state index contributed by atoms with van der Waals surface area (Å²) in [6, 6.07) is 0.825. The third kappa shape index (κ3) is 3.27. The summed E-state index contributed by atoms with van der Waals surface area (Å²) < 4.78 is 51.6. The number of urea groups is 1. The Balaban J connectivity index is 1.77. The van der Waals surface area contributed by atoms with Gasteiger partial charge in [-0.1, -0.05) is 0 Å². The van der Waals surface area contributed by atoms with E-state index in [9.17, 15) is 27.2 Å². The molecule has 2 fully saturated rings. The summed E-state index contributed by atoms with van der Waals surface area (Å²) in [5, 5.41) is 2.33. The zero-order valence-corrected chi connectivity index (χ0v) is 13.4. The number of carbonyl (C=O) groups excluding carboxylic acids is 2. The van der Waals surface area contributed by atoms with E-state index in [2.05, 4.69) is 5.32 Å². The van der Waals surface area contributed by atoms with Gasteiger partial charge in [0.15, 0.2) is 0 Å². The second-order valence-corrected chi connectivity index (χ2v) is 6.28. The van der Waals surface area contributed by atoms with Crippen molar-refractivity contribution >= 4 is 17.6 Å². The first-order valence-electron chi connectivity index (χ1n) is 7.93. The van der Waals surface area contributed by atoms with Crippen LogP contribution in [-0.4, -0.2) is 46.9 Å². The molecule has 1 N–H and O–H groups in total. The fourth-order valence-corrected chi connectivity index (χ4v) is 3.35. The van der Waals surface area contributed by atoms with Crippen LogP contribution in [0, 0.1) is 5.82 Å². The van der Waals surface area contributed by atoms with E-state index < -0.39 is 29.6 Å². The lowest BCUT2D eigenvalue weighted by Gasteiger charge is -2.41. The molecule has 1 aromatic carbocycles. The molecule has 136 valence electrons. The molecule has 2 atom stereocenters. The monoisotopic (exact) mass is 359 g/mol. The van der Waals surface area contributed by atoms with Crippen molar-refractivity contribution in [3.8, 4) is 0 Å². The summed E-state index contributed by atoms with van der Waals surface area (Å²) in [5.41, 5.74) is -1.62. The number of piperazine rings is 1. The molecule has 0 radical (unpaired) electrons. The normalized spacial score (nSPS) is 23.6. The Bertz CT molecular complexity index is 707. The minimum absolute atomic E-state index is 0.0617. The van der Waals surface area contributed by atoms with Crippen LogP contribution < -0.4 is 5.32 Å². The van der Waals surface area contributed by atoms with Crippen LogP contribution in [-0.2, 0) is 11.0 Å². The van der Waals surface area contributed by atoms with Gasteiger partial charge in [-0.25, -0.2) is 9.18 Å². The minimum Gasteiger partial charge on any atom is -0.336 e. The maximum atomic E-state index is 13.3. The average Bonchev–Trinajstić information content (AvgIpc) is 3.00. The molecule has 9 heteroatoms. The van der Waals surface area contributed by atoms with E-state index in [-0.39, 0.29) is 17.6 Å². The number of nitrogens with zero attached hydrogens (tertiary/aromatic N) is 2. The number of amides is 3. The van der Waals surface area contributed by atoms with Crippen molar-refractivity contribution in [1.82, 2.24) is 9.80 Å². The van der Waals surface area contributed by atoms with Gasteiger partial charge in [0.1, 0.15) is 11.9 Å². The maximum Gasteiger partial charge on any atom is 0.419 e. The van der Waals surface area contributed by atoms with Crippen LogP contribution in [0.5, 0.6) is 0 Å². The molecule has 0 aliphatic carbocycles. The topological polar surface area (TPSA) is 52.7 Å². The summed E-state index contributed by atoms with van der Waals surface area (Å²) in [4.78, 5) is 27.8. The molecule has 25 heavy (non-hydrogen) atoms. The first kappa shape index (κ1) is 17.5. The third-order valence-electron chi connectivity index (χ3n) is 4.68. The molecule has 2 aliphatic heterocycles. The molecule has 2 heterocycles. The molecule has 1 aromatic rings. The van der Waals surface area contributed by atoms with Crippen LogP contribution in [0.3, 0.4) is 0 Å². The number of nitrogens with one attached hydrogen (secondary N) is 1. The summed E-state index contributed by atoms with van der Waals surface area (Å²) in [6.45, 7) is 2.57. The number of hydrogen-bond donors (Lipinski definition) is 1. The maximum absolute atomic E-state index is 13.3. The van der Waals surface area contributed by atoms with Crippen molar-refractivity contribution in [2.45, 2.75) is 38.0 Å². The van der Waals surface area contributed by atoms with Gasteiger partial charge in [0.05, 0.1) is 5.56 Å². The number of fused-ring (bicyclic) bond motifs is 1. The molecule has 2 aliphatic rings. The van der Waals surface area contributed by atoms with Crippen LogP contribution in [0.1, 0.15) is 25.3 Å². The first-order chi connectivity index (χ1) is 11.7. The Morgan fingerprint density at radius 3 is 2.72 bits per heavy atom. The molecule has 0 spiro atoms. The summed E-state index contributed by atoms with van der Waals surface area (Å²) >= 11 is 0. The van der Waals surface area contributed by atoms with Crippen LogP contribution in [0.15, 0.2) is 18.2 Å². The highest BCUT2D eigenvalue weighted by atomic mass is 19.4. The molecule has 3 amide bonds. The molecular formula is C16H17F4N3O2. The molecule has 0 aromatic heterocycles. The molecule has 0 bridgehead atoms. The lowest BCUT2D eigenvalue weighted by atomic mass is 10.1. The van der Waals surface area contributed by atoms with Gasteiger partial charge in [-0.2, -0.15) is 13.2 Å². The van der Waals surface area contributed by atoms with Crippen molar-refractivity contribution < 1.29 is 27.2 Å². The molecule has 0 unspecified atom stereocenters. The van der Waals surface area contributed by atoms with Crippen LogP contribution in [0.4, 0.5) is 28.0 Å². The fourth-order valence-electron chi connectivity index (χ4n) is 3.35. The van der Waals surface area contributed by atoms with Gasteiger partial charge in [-0.3, -0.25) is 4.79 Å². The molecule has 5 nitrogen and oxygen atoms in total. The van der Waals surface area contributed by atoms with Gasteiger partial charge >= 0.3 is 12.2 Å². The summed E-state index contributed by atoms with van der Waals surface area (Å²) in [5.74, 6) is -1.58. The number of halogens is 4. The Labute approximate surface area is 141 Å². The van der Waals surface area contributed by atoms with E-state index in [1.165, 1.54) is 4.90 Å². The molecule has 3 rings (SSSR count). The van der Waals surface area contributed by atoms with E-state index in [1.54, 1.807) is 11.8 Å². The highest BCUT2D eigenvalue weighted by molar-refractivity contribution is 5.94. The number of rotatable bonds is 1. The largest absolute Gasteiger partial charge is 0.419 e. The van der Waals surface area contributed by atoms with Crippen molar-refractivity contribution in [1.29, 1.82) is 0 Å². The predicted molar refractivity (Wildman–Crippen MR) is 81.3 cm³/mol. The van der Waals surface area contributed by atoms with Crippen molar-refractivity contribution in [2.75, 3.05) is 18.4 Å². The SMILES string of the molecule is C[C@@H]1C(=O)N2CCC[C@@H]2CN1C(=O)Nc1ccc(F)c(C(F)(F)F)c1. The number of alkyl halides is 3. The Hall–Kier alpha value is -2.32. The summed E-state index contributed by atoms with van der Waals surface area (Å²) in [6.07, 6.45) is -3.20. The third-order valence-corrected chi connectivity index (χ3v) is 4.68. The van der Waals surface area contributed by atoms with Gasteiger partial charge in [0.25, 0.3) is 0 Å². The van der Waals surface area contributed by atoms with Gasteiger partial charge < -0.3 is 15.1 Å². The number of benzene rings is 1. The van der Waals surface area contributed by atoms with Crippen molar-refractivity contribution in [3.63, 3.8) is 0 Å². The van der Waals surface area contributed by atoms with Crippen molar-refractivity contribution in [3.05, 3.63) is 29.6 Å². The van der Waals surface area contributed by atoms with Gasteiger partial charge in [0, 0.05) is 24.8 Å². The zero-order valence-electron chi connectivity index (χ0n) is 13.4. The van der Waals surface area contributed by atoms with E-state index in [4.69, 9.17) is 0 Å². The summed E-state index contributed by atoms with van der Waals surface area (Å²) in [7, 11) is 0. The Morgan fingerprint density at radius 2 is 2.04 bits per heavy atom. The van der Waals surface area contributed by atoms with Crippen LogP contribution in [0.2, 0.25) is 0 Å². The highest BCUT2D eigenvalue weighted by Crippen LogP contribution is 2.33. The van der Waals surface area contributed by atoms with E-state index in [0.717, 1.165) is 18.9 Å². The molecule has 0 saturated carbocycles. The standard InChI is InChI=1S/C16H17F4N3O2/c1-9-14(24)22-6-2-3-11(22)8-23(9)15(25)21-10-4-5-13(17)12(7-10)16(18,19)20/h4-5,7,9,11H,2-3,6,8H2,1H3,(H,21,25)/t9-,11-/m1/s1. The van der Waals surface area contributed by atoms with Crippen LogP contribution >= 0.6 is 0 Å². The van der Waals surface area contributed by atoms with Gasteiger partial charge in [-0.15, -0.1) is 0 Å². The van der Waals surface area contributed by atoms with E-state index in [0.29, 0.717) is 25.2 Å².